The predicted octanol–water partition coefficient (Wildman–Crippen LogP) is 9.47. The molecule has 1 aliphatic carbocycles. The molecule has 1 aliphatic rings. The van der Waals surface area contributed by atoms with Crippen molar-refractivity contribution >= 4 is 0 Å². The van der Waals surface area contributed by atoms with Crippen molar-refractivity contribution in [3.8, 4) is 33.8 Å². The van der Waals surface area contributed by atoms with Crippen molar-refractivity contribution in [2.45, 2.75) is 77.6 Å². The van der Waals surface area contributed by atoms with E-state index < -0.39 is 0 Å². The number of nitrogens with zero attached hydrogens (tertiary/aromatic N) is 6. The molecule has 0 fully saturated rings. The van der Waals surface area contributed by atoms with Crippen LogP contribution in [0, 0.1) is 0 Å². The largest absolute Gasteiger partial charge is 0.245 e. The lowest BCUT2D eigenvalue weighted by Crippen LogP contribution is -2.31. The molecular weight excluding hydrogens is 589 g/mol. The summed E-state index contributed by atoms with van der Waals surface area (Å²) >= 11 is 0. The zero-order valence-electron chi connectivity index (χ0n) is 29.1. The van der Waals surface area contributed by atoms with Gasteiger partial charge in [0.2, 0.25) is 0 Å². The zero-order chi connectivity index (χ0) is 33.8. The molecule has 0 radical (unpaired) electrons. The number of hydrogen-bond donors (Lipinski definition) is 0. The average Bonchev–Trinajstić information content (AvgIpc) is 3.08. The molecule has 0 N–H and O–H groups in total. The first-order valence-electron chi connectivity index (χ1n) is 16.6. The molecule has 3 aromatic carbocycles. The number of rotatable bonds is 4. The van der Waals surface area contributed by atoms with Crippen molar-refractivity contribution in [3.05, 3.63) is 143 Å². The molecule has 0 saturated carbocycles. The summed E-state index contributed by atoms with van der Waals surface area (Å²) < 4.78 is 0. The smallest absolute Gasteiger partial charge is 0.116 e. The number of aromatic nitrogens is 6. The average molecular weight is 631 g/mol. The van der Waals surface area contributed by atoms with Crippen molar-refractivity contribution in [2.75, 3.05) is 0 Å². The van der Waals surface area contributed by atoms with E-state index in [1.807, 2.05) is 18.2 Å². The molecular formula is C42H42N6. The van der Waals surface area contributed by atoms with E-state index in [2.05, 4.69) is 119 Å². The van der Waals surface area contributed by atoms with E-state index in [4.69, 9.17) is 15.0 Å². The van der Waals surface area contributed by atoms with Gasteiger partial charge in [-0.2, -0.15) is 0 Å². The fraction of sp³-hybridized carbons (Fsp3) is 0.286. The van der Waals surface area contributed by atoms with Gasteiger partial charge in [0.25, 0.3) is 0 Å². The first-order chi connectivity index (χ1) is 22.8. The molecule has 7 rings (SSSR count). The van der Waals surface area contributed by atoms with Gasteiger partial charge in [-0.1, -0.05) is 91.8 Å². The van der Waals surface area contributed by atoms with E-state index in [1.54, 1.807) is 37.6 Å². The van der Waals surface area contributed by atoms with Crippen molar-refractivity contribution < 1.29 is 0 Å². The van der Waals surface area contributed by atoms with Gasteiger partial charge in [0.1, 0.15) is 19.0 Å². The summed E-state index contributed by atoms with van der Waals surface area (Å²) in [5, 5.41) is 0. The van der Waals surface area contributed by atoms with Crippen LogP contribution in [0.4, 0.5) is 0 Å². The van der Waals surface area contributed by atoms with Crippen LogP contribution in [0.5, 0.6) is 0 Å². The molecule has 0 unspecified atom stereocenters. The standard InChI is InChI=1S/C42H42N6/c1-40(2,3)27-9-11-29-33(21-27)42(7,8)34-22-28(41(4,5)6)10-12-30(34)38(29)26-19-31(35-13-16-43-23-46-35)39(37-15-18-45-25-48-37)32(20-26)36-14-17-44-24-47-36/h9-25,38H,1-8H3. The third-order valence-electron chi connectivity index (χ3n) is 9.86. The van der Waals surface area contributed by atoms with Gasteiger partial charge in [-0.25, -0.2) is 29.9 Å². The Balaban J connectivity index is 1.59. The molecule has 0 bridgehead atoms. The van der Waals surface area contributed by atoms with Gasteiger partial charge in [0, 0.05) is 46.6 Å². The molecule has 0 spiro atoms. The van der Waals surface area contributed by atoms with Gasteiger partial charge >= 0.3 is 0 Å². The van der Waals surface area contributed by atoms with Crippen LogP contribution in [0.2, 0.25) is 0 Å². The van der Waals surface area contributed by atoms with Crippen molar-refractivity contribution in [1.82, 2.24) is 29.9 Å². The third kappa shape index (κ3) is 5.49. The van der Waals surface area contributed by atoms with Crippen LogP contribution in [-0.2, 0) is 16.2 Å². The first kappa shape index (κ1) is 31.5. The summed E-state index contributed by atoms with van der Waals surface area (Å²) in [5.41, 5.74) is 14.4. The minimum absolute atomic E-state index is 0.0215. The van der Waals surface area contributed by atoms with Gasteiger partial charge in [-0.15, -0.1) is 0 Å². The van der Waals surface area contributed by atoms with Crippen molar-refractivity contribution in [2.24, 2.45) is 0 Å². The molecule has 0 saturated heterocycles. The Morgan fingerprint density at radius 2 is 0.938 bits per heavy atom. The Bertz CT molecular complexity index is 1980. The highest BCUT2D eigenvalue weighted by Crippen LogP contribution is 2.52. The molecule has 48 heavy (non-hydrogen) atoms. The molecule has 6 heteroatoms. The van der Waals surface area contributed by atoms with Crippen LogP contribution in [0.3, 0.4) is 0 Å². The predicted molar refractivity (Wildman–Crippen MR) is 193 cm³/mol. The fourth-order valence-electron chi connectivity index (χ4n) is 7.15. The Hall–Kier alpha value is -5.10. The molecule has 0 amide bonds. The zero-order valence-corrected chi connectivity index (χ0v) is 29.1. The SMILES string of the molecule is CC(C)(C)c1ccc2c(c1)C(C)(C)c1cc(C(C)(C)C)ccc1C2c1cc(-c2ccncn2)c(-c2ccncn2)c(-c2ccncn2)c1. The second-order valence-electron chi connectivity index (χ2n) is 15.4. The lowest BCUT2D eigenvalue weighted by Gasteiger charge is -2.42. The molecule has 240 valence electrons. The monoisotopic (exact) mass is 630 g/mol. The fourth-order valence-corrected chi connectivity index (χ4v) is 7.15. The Labute approximate surface area is 283 Å². The van der Waals surface area contributed by atoms with Gasteiger partial charge in [0.05, 0.1) is 17.1 Å². The van der Waals surface area contributed by atoms with Gasteiger partial charge in [-0.3, -0.25) is 0 Å². The van der Waals surface area contributed by atoms with Crippen LogP contribution >= 0.6 is 0 Å². The maximum Gasteiger partial charge on any atom is 0.116 e. The molecule has 6 nitrogen and oxygen atoms in total. The van der Waals surface area contributed by atoms with Crippen LogP contribution in [0.25, 0.3) is 33.8 Å². The molecule has 6 aromatic rings. The van der Waals surface area contributed by atoms with E-state index in [0.717, 1.165) is 33.8 Å². The van der Waals surface area contributed by atoms with E-state index in [0.29, 0.717) is 0 Å². The van der Waals surface area contributed by atoms with E-state index >= 15 is 0 Å². The van der Waals surface area contributed by atoms with Gasteiger partial charge < -0.3 is 0 Å². The highest BCUT2D eigenvalue weighted by Gasteiger charge is 2.40. The Morgan fingerprint density at radius 3 is 1.31 bits per heavy atom. The molecule has 0 aliphatic heterocycles. The summed E-state index contributed by atoms with van der Waals surface area (Å²) in [4.78, 5) is 26.9. The second-order valence-corrected chi connectivity index (χ2v) is 15.4. The number of benzene rings is 3. The Morgan fingerprint density at radius 1 is 0.521 bits per heavy atom. The number of fused-ring (bicyclic) bond motifs is 2. The van der Waals surface area contributed by atoms with Crippen LogP contribution in [0.1, 0.15) is 100 Å². The normalized spacial score (nSPS) is 14.3. The lowest BCUT2D eigenvalue weighted by atomic mass is 9.62. The summed E-state index contributed by atoms with van der Waals surface area (Å²) in [5.74, 6) is -0.0216. The highest BCUT2D eigenvalue weighted by molar-refractivity contribution is 5.92. The van der Waals surface area contributed by atoms with Crippen molar-refractivity contribution in [1.29, 1.82) is 0 Å². The summed E-state index contributed by atoms with van der Waals surface area (Å²) in [6.07, 6.45) is 10.2. The van der Waals surface area contributed by atoms with Gasteiger partial charge in [0.15, 0.2) is 0 Å². The maximum absolute atomic E-state index is 4.76. The lowest BCUT2D eigenvalue weighted by molar-refractivity contribution is 0.560. The van der Waals surface area contributed by atoms with E-state index in [-0.39, 0.29) is 22.2 Å². The van der Waals surface area contributed by atoms with Crippen molar-refractivity contribution in [3.63, 3.8) is 0 Å². The van der Waals surface area contributed by atoms with Crippen LogP contribution in [-0.4, -0.2) is 29.9 Å². The summed E-state index contributed by atoms with van der Waals surface area (Å²) in [6.45, 7) is 18.5. The van der Waals surface area contributed by atoms with Crippen LogP contribution < -0.4 is 0 Å². The third-order valence-corrected chi connectivity index (χ3v) is 9.86. The Kier molecular flexibility index (Phi) is 7.58. The molecule has 3 heterocycles. The highest BCUT2D eigenvalue weighted by atomic mass is 14.8. The minimum Gasteiger partial charge on any atom is -0.245 e. The molecule has 0 atom stereocenters. The summed E-state index contributed by atoms with van der Waals surface area (Å²) in [7, 11) is 0. The minimum atomic E-state index is -0.199. The van der Waals surface area contributed by atoms with E-state index in [9.17, 15) is 0 Å². The maximum atomic E-state index is 4.76. The molecule has 3 aromatic heterocycles. The first-order valence-corrected chi connectivity index (χ1v) is 16.6. The van der Waals surface area contributed by atoms with Crippen LogP contribution in [0.15, 0.2) is 104 Å². The quantitative estimate of drug-likeness (QED) is 0.193. The topological polar surface area (TPSA) is 77.3 Å². The summed E-state index contributed by atoms with van der Waals surface area (Å²) in [6, 6.07) is 24.8. The van der Waals surface area contributed by atoms with E-state index in [1.165, 1.54) is 38.9 Å². The number of hydrogen-bond acceptors (Lipinski definition) is 6. The second kappa shape index (κ2) is 11.6. The van der Waals surface area contributed by atoms with Gasteiger partial charge in [-0.05, 0) is 80.1 Å².